The number of unbranched alkanes of at least 4 members (excludes halogenated alkanes) is 3. The van der Waals surface area contributed by atoms with Gasteiger partial charge in [0.2, 0.25) is 0 Å². The molecule has 2 aliphatic rings. The van der Waals surface area contributed by atoms with Crippen LogP contribution in [0, 0.1) is 5.92 Å². The Balaban J connectivity index is 1.27. The SMILES string of the molecule is C=COCCCCCCC1CCC(c2ccc(-c3ccc(C4O[C@@H](C(=O)OCC)[C@H](C(=O)OCC)O4)cc3)cc2)CC1. The van der Waals surface area contributed by atoms with E-state index in [2.05, 4.69) is 30.8 Å². The van der Waals surface area contributed by atoms with Crippen molar-refractivity contribution < 1.29 is 33.3 Å². The van der Waals surface area contributed by atoms with E-state index in [9.17, 15) is 9.59 Å². The van der Waals surface area contributed by atoms with Crippen LogP contribution in [0.3, 0.4) is 0 Å². The average molecular weight is 579 g/mol. The Morgan fingerprint density at radius 3 is 1.81 bits per heavy atom. The molecule has 0 bridgehead atoms. The number of benzene rings is 2. The van der Waals surface area contributed by atoms with Crippen molar-refractivity contribution in [2.75, 3.05) is 19.8 Å². The van der Waals surface area contributed by atoms with Crippen molar-refractivity contribution in [1.29, 1.82) is 0 Å². The second-order valence-corrected chi connectivity index (χ2v) is 11.2. The van der Waals surface area contributed by atoms with E-state index in [1.54, 1.807) is 13.8 Å². The molecule has 1 heterocycles. The molecule has 2 atom stereocenters. The summed E-state index contributed by atoms with van der Waals surface area (Å²) in [6.07, 6.45) is 9.88. The van der Waals surface area contributed by atoms with Gasteiger partial charge in [-0.25, -0.2) is 9.59 Å². The van der Waals surface area contributed by atoms with Gasteiger partial charge in [-0.3, -0.25) is 0 Å². The van der Waals surface area contributed by atoms with Gasteiger partial charge in [-0.2, -0.15) is 0 Å². The van der Waals surface area contributed by atoms with Gasteiger partial charge >= 0.3 is 11.9 Å². The average Bonchev–Trinajstić information content (AvgIpc) is 3.48. The summed E-state index contributed by atoms with van der Waals surface area (Å²) in [7, 11) is 0. The third-order valence-corrected chi connectivity index (χ3v) is 8.34. The number of ether oxygens (including phenoxy) is 5. The fraction of sp³-hybridized carbons (Fsp3) is 0.543. The first-order valence-corrected chi connectivity index (χ1v) is 15.6. The van der Waals surface area contributed by atoms with Gasteiger partial charge in [0.15, 0.2) is 18.5 Å². The number of carbonyl (C=O) groups excluding carboxylic acids is 2. The molecular formula is C35H46O7. The molecule has 7 heteroatoms. The molecule has 0 amide bonds. The van der Waals surface area contributed by atoms with Gasteiger partial charge in [0.05, 0.1) is 26.1 Å². The molecule has 42 heavy (non-hydrogen) atoms. The lowest BCUT2D eigenvalue weighted by Gasteiger charge is -2.29. The summed E-state index contributed by atoms with van der Waals surface area (Å²) in [4.78, 5) is 24.8. The van der Waals surface area contributed by atoms with Crippen LogP contribution < -0.4 is 0 Å². The van der Waals surface area contributed by atoms with Crippen LogP contribution in [-0.2, 0) is 33.3 Å². The number of hydrogen-bond donors (Lipinski definition) is 0. The van der Waals surface area contributed by atoms with E-state index in [-0.39, 0.29) is 13.2 Å². The molecule has 0 radical (unpaired) electrons. The third-order valence-electron chi connectivity index (χ3n) is 8.34. The molecule has 1 aliphatic carbocycles. The van der Waals surface area contributed by atoms with Crippen molar-refractivity contribution in [3.63, 3.8) is 0 Å². The minimum atomic E-state index is -1.16. The minimum Gasteiger partial charge on any atom is -0.502 e. The van der Waals surface area contributed by atoms with Crippen molar-refractivity contribution in [1.82, 2.24) is 0 Å². The molecule has 2 aromatic rings. The molecule has 1 aliphatic heterocycles. The Hall–Kier alpha value is -3.16. The molecule has 0 unspecified atom stereocenters. The summed E-state index contributed by atoms with van der Waals surface area (Å²) in [5.74, 6) is 0.246. The van der Waals surface area contributed by atoms with Gasteiger partial charge < -0.3 is 23.7 Å². The Morgan fingerprint density at radius 2 is 1.29 bits per heavy atom. The van der Waals surface area contributed by atoms with Crippen molar-refractivity contribution in [3.8, 4) is 11.1 Å². The minimum absolute atomic E-state index is 0.182. The summed E-state index contributed by atoms with van der Waals surface area (Å²) in [5, 5.41) is 0. The quantitative estimate of drug-likeness (QED) is 0.122. The highest BCUT2D eigenvalue weighted by Gasteiger charge is 2.47. The summed E-state index contributed by atoms with van der Waals surface area (Å²) < 4.78 is 27.0. The van der Waals surface area contributed by atoms with Gasteiger partial charge in [-0.1, -0.05) is 80.8 Å². The Kier molecular flexibility index (Phi) is 12.5. The first-order valence-electron chi connectivity index (χ1n) is 15.6. The second kappa shape index (κ2) is 16.5. The molecule has 0 N–H and O–H groups in total. The van der Waals surface area contributed by atoms with E-state index < -0.39 is 30.4 Å². The van der Waals surface area contributed by atoms with E-state index in [1.165, 1.54) is 63.2 Å². The summed E-state index contributed by atoms with van der Waals surface area (Å²) in [5.41, 5.74) is 4.36. The maximum Gasteiger partial charge on any atom is 0.338 e. The van der Waals surface area contributed by atoms with Crippen molar-refractivity contribution in [2.45, 2.75) is 96.1 Å². The predicted molar refractivity (Wildman–Crippen MR) is 162 cm³/mol. The van der Waals surface area contributed by atoms with Crippen LogP contribution in [0.5, 0.6) is 0 Å². The van der Waals surface area contributed by atoms with Gasteiger partial charge in [0, 0.05) is 5.56 Å². The van der Waals surface area contributed by atoms with E-state index >= 15 is 0 Å². The zero-order chi connectivity index (χ0) is 29.7. The third kappa shape index (κ3) is 8.68. The van der Waals surface area contributed by atoms with E-state index in [1.807, 2.05) is 24.3 Å². The number of rotatable bonds is 15. The van der Waals surface area contributed by atoms with E-state index in [0.717, 1.165) is 35.6 Å². The molecule has 2 aromatic carbocycles. The zero-order valence-electron chi connectivity index (χ0n) is 25.1. The zero-order valence-corrected chi connectivity index (χ0v) is 25.1. The highest BCUT2D eigenvalue weighted by molar-refractivity contribution is 5.86. The van der Waals surface area contributed by atoms with Crippen molar-refractivity contribution in [3.05, 3.63) is 72.5 Å². The fourth-order valence-corrected chi connectivity index (χ4v) is 6.03. The highest BCUT2D eigenvalue weighted by atomic mass is 16.8. The van der Waals surface area contributed by atoms with Gasteiger partial charge in [0.25, 0.3) is 0 Å². The summed E-state index contributed by atoms with van der Waals surface area (Å²) in [6.45, 7) is 8.15. The lowest BCUT2D eigenvalue weighted by molar-refractivity contribution is -0.163. The lowest BCUT2D eigenvalue weighted by atomic mass is 9.77. The monoisotopic (exact) mass is 578 g/mol. The maximum atomic E-state index is 12.4. The van der Waals surface area contributed by atoms with Gasteiger partial charge in [-0.15, -0.1) is 0 Å². The Morgan fingerprint density at radius 1 is 0.762 bits per heavy atom. The Bertz CT molecular complexity index is 1090. The number of carbonyl (C=O) groups is 2. The van der Waals surface area contributed by atoms with Gasteiger partial charge in [-0.05, 0) is 74.5 Å². The lowest BCUT2D eigenvalue weighted by Crippen LogP contribution is -2.39. The van der Waals surface area contributed by atoms with E-state index in [0.29, 0.717) is 5.92 Å². The predicted octanol–water partition coefficient (Wildman–Crippen LogP) is 7.65. The molecule has 2 fully saturated rings. The molecule has 0 aromatic heterocycles. The molecule has 7 nitrogen and oxygen atoms in total. The van der Waals surface area contributed by atoms with Crippen LogP contribution in [0.25, 0.3) is 11.1 Å². The smallest absolute Gasteiger partial charge is 0.338 e. The first-order chi connectivity index (χ1) is 20.5. The summed E-state index contributed by atoms with van der Waals surface area (Å²) in [6, 6.07) is 16.8. The van der Waals surface area contributed by atoms with Crippen molar-refractivity contribution in [2.24, 2.45) is 5.92 Å². The van der Waals surface area contributed by atoms with Crippen LogP contribution in [0.2, 0.25) is 0 Å². The number of hydrogen-bond acceptors (Lipinski definition) is 7. The van der Waals surface area contributed by atoms with Crippen LogP contribution in [0.1, 0.15) is 95.0 Å². The highest BCUT2D eigenvalue weighted by Crippen LogP contribution is 2.39. The second-order valence-electron chi connectivity index (χ2n) is 11.2. The molecule has 1 saturated carbocycles. The van der Waals surface area contributed by atoms with Crippen LogP contribution in [-0.4, -0.2) is 44.0 Å². The standard InChI is InChI=1S/C35H46O7/c1-4-38-24-10-8-7-9-11-25-12-14-26(15-13-25)27-16-18-28(19-17-27)29-20-22-30(23-21-29)35-41-31(33(36)39-5-2)32(42-35)34(37)40-6-3/h4,16-23,25-26,31-32,35H,1,5-15,24H2,2-3H3/t25?,26?,31-,32-/m1/s1. The van der Waals surface area contributed by atoms with E-state index in [4.69, 9.17) is 23.7 Å². The first kappa shape index (κ1) is 31.8. The number of esters is 2. The molecule has 228 valence electrons. The normalized spacial score (nSPS) is 22.4. The van der Waals surface area contributed by atoms with Crippen LogP contribution in [0.15, 0.2) is 61.4 Å². The maximum absolute atomic E-state index is 12.4. The van der Waals surface area contributed by atoms with Gasteiger partial charge in [0.1, 0.15) is 0 Å². The van der Waals surface area contributed by atoms with Crippen molar-refractivity contribution >= 4 is 11.9 Å². The molecule has 4 rings (SSSR count). The van der Waals surface area contributed by atoms with Crippen LogP contribution in [0.4, 0.5) is 0 Å². The molecule has 0 spiro atoms. The Labute approximate surface area is 250 Å². The topological polar surface area (TPSA) is 80.3 Å². The fourth-order valence-electron chi connectivity index (χ4n) is 6.03. The summed E-state index contributed by atoms with van der Waals surface area (Å²) >= 11 is 0. The van der Waals surface area contributed by atoms with Crippen LogP contribution >= 0.6 is 0 Å². The molecule has 1 saturated heterocycles. The molecular weight excluding hydrogens is 532 g/mol. The largest absolute Gasteiger partial charge is 0.502 e.